The van der Waals surface area contributed by atoms with E-state index in [1.54, 1.807) is 22.7 Å². The third kappa shape index (κ3) is 19.2. The largest absolute Gasteiger partial charge is 0.459 e. The Kier molecular flexibility index (Phi) is 14.3. The van der Waals surface area contributed by atoms with Crippen LogP contribution in [0.3, 0.4) is 0 Å². The number of hydrogen-bond acceptors (Lipinski definition) is 8. The van der Waals surface area contributed by atoms with Gasteiger partial charge in [0.25, 0.3) is 0 Å². The van der Waals surface area contributed by atoms with Gasteiger partial charge in [-0.15, -0.1) is 47.1 Å². The van der Waals surface area contributed by atoms with Crippen LogP contribution in [0.4, 0.5) is 0 Å². The molecule has 0 atom stereocenters. The first-order chi connectivity index (χ1) is 13.3. The minimum atomic E-state index is -0.382. The summed E-state index contributed by atoms with van der Waals surface area (Å²) < 4.78 is 12.3. The predicted octanol–water partition coefficient (Wildman–Crippen LogP) is 6.94. The molecule has 0 N–H and O–H groups in total. The van der Waals surface area contributed by atoms with Gasteiger partial charge in [0.15, 0.2) is 0 Å². The summed E-state index contributed by atoms with van der Waals surface area (Å²) in [6, 6.07) is 7.92. The van der Waals surface area contributed by atoms with Crippen molar-refractivity contribution in [1.29, 1.82) is 0 Å². The van der Waals surface area contributed by atoms with E-state index in [0.29, 0.717) is 5.75 Å². The standard InChI is InChI=1S/C10H14O2S2.C6H11BrO2.C4H4S2/c1-10(2,3)12-8(11)7-14-9-5-4-6-13-9;1-6(2,3)9-5(8)4-7;5-4-2-1-3-6-4/h4-6H,7H2,1-3H3;4H2,1-3H3;1-3,5H. The molecule has 0 aliphatic rings. The molecule has 0 aliphatic carbocycles. The molecule has 2 aromatic rings. The van der Waals surface area contributed by atoms with Crippen molar-refractivity contribution in [3.05, 3.63) is 35.0 Å². The molecule has 0 spiro atoms. The van der Waals surface area contributed by atoms with Crippen LogP contribution in [0, 0.1) is 0 Å². The molecule has 0 aromatic carbocycles. The quantitative estimate of drug-likeness (QED) is 0.197. The molecule has 0 saturated heterocycles. The number of rotatable bonds is 4. The van der Waals surface area contributed by atoms with Crippen molar-refractivity contribution in [3.63, 3.8) is 0 Å². The van der Waals surface area contributed by atoms with Crippen LogP contribution >= 0.6 is 63.0 Å². The Morgan fingerprint density at radius 1 is 0.966 bits per heavy atom. The second-order valence-corrected chi connectivity index (χ2v) is 12.0. The van der Waals surface area contributed by atoms with Crippen LogP contribution in [0.15, 0.2) is 43.4 Å². The van der Waals surface area contributed by atoms with Crippen molar-refractivity contribution >= 4 is 74.9 Å². The minimum absolute atomic E-state index is 0.157. The van der Waals surface area contributed by atoms with E-state index in [2.05, 4.69) is 28.6 Å². The lowest BCUT2D eigenvalue weighted by molar-refractivity contribution is -0.152. The van der Waals surface area contributed by atoms with Crippen LogP contribution in [-0.2, 0) is 19.1 Å². The van der Waals surface area contributed by atoms with E-state index in [9.17, 15) is 9.59 Å². The molecule has 0 bridgehead atoms. The summed E-state index contributed by atoms with van der Waals surface area (Å²) in [6.45, 7) is 11.1. The zero-order valence-electron chi connectivity index (χ0n) is 17.6. The highest BCUT2D eigenvalue weighted by atomic mass is 79.9. The summed E-state index contributed by atoms with van der Waals surface area (Å²) in [5.41, 5.74) is -0.738. The van der Waals surface area contributed by atoms with Crippen molar-refractivity contribution < 1.29 is 19.1 Å². The predicted molar refractivity (Wildman–Crippen MR) is 132 cm³/mol. The molecular formula is C20H29BrO4S4. The van der Waals surface area contributed by atoms with Crippen molar-refractivity contribution in [2.24, 2.45) is 0 Å². The number of alkyl halides is 1. The molecule has 0 fully saturated rings. The van der Waals surface area contributed by atoms with E-state index in [-0.39, 0.29) is 28.5 Å². The molecule has 29 heavy (non-hydrogen) atoms. The molecule has 0 saturated carbocycles. The van der Waals surface area contributed by atoms with Gasteiger partial charge >= 0.3 is 11.9 Å². The van der Waals surface area contributed by atoms with Gasteiger partial charge in [0.1, 0.15) is 16.5 Å². The van der Waals surface area contributed by atoms with Gasteiger partial charge in [-0.05, 0) is 64.4 Å². The zero-order chi connectivity index (χ0) is 22.5. The van der Waals surface area contributed by atoms with Crippen molar-refractivity contribution in [2.75, 3.05) is 11.1 Å². The second-order valence-electron chi connectivity index (χ2n) is 7.48. The van der Waals surface area contributed by atoms with Crippen molar-refractivity contribution in [3.8, 4) is 0 Å². The number of carbonyl (C=O) groups is 2. The maximum Gasteiger partial charge on any atom is 0.317 e. The monoisotopic (exact) mass is 540 g/mol. The molecule has 4 nitrogen and oxygen atoms in total. The smallest absolute Gasteiger partial charge is 0.317 e. The lowest BCUT2D eigenvalue weighted by atomic mass is 10.2. The lowest BCUT2D eigenvalue weighted by Crippen LogP contribution is -2.24. The topological polar surface area (TPSA) is 52.6 Å². The zero-order valence-corrected chi connectivity index (χ0v) is 22.5. The minimum Gasteiger partial charge on any atom is -0.459 e. The van der Waals surface area contributed by atoms with Crippen LogP contribution in [0.25, 0.3) is 0 Å². The molecule has 2 aromatic heterocycles. The summed E-state index contributed by atoms with van der Waals surface area (Å²) in [5.74, 6) is 0.0102. The van der Waals surface area contributed by atoms with Gasteiger partial charge in [-0.3, -0.25) is 9.59 Å². The number of ether oxygens (including phenoxy) is 2. The number of thioether (sulfide) groups is 1. The van der Waals surface area contributed by atoms with Crippen LogP contribution in [0.1, 0.15) is 41.5 Å². The molecule has 9 heteroatoms. The highest BCUT2D eigenvalue weighted by molar-refractivity contribution is 9.09. The van der Waals surface area contributed by atoms with Gasteiger partial charge in [0.05, 0.1) is 14.2 Å². The maximum absolute atomic E-state index is 11.3. The number of hydrogen-bond donors (Lipinski definition) is 1. The SMILES string of the molecule is CC(C)(C)OC(=O)CBr.CC(C)(C)OC(=O)CSc1cccs1.Sc1cccs1. The number of thiophene rings is 2. The number of esters is 2. The van der Waals surface area contributed by atoms with Crippen LogP contribution in [-0.4, -0.2) is 34.2 Å². The Bertz CT molecular complexity index is 687. The molecule has 164 valence electrons. The van der Waals surface area contributed by atoms with E-state index in [1.807, 2.05) is 76.6 Å². The van der Waals surface area contributed by atoms with E-state index >= 15 is 0 Å². The molecule has 0 aliphatic heterocycles. The second kappa shape index (κ2) is 14.5. The van der Waals surface area contributed by atoms with E-state index < -0.39 is 0 Å². The van der Waals surface area contributed by atoms with E-state index in [0.717, 1.165) is 8.42 Å². The summed E-state index contributed by atoms with van der Waals surface area (Å²) in [7, 11) is 0. The average molecular weight is 542 g/mol. The molecule has 0 unspecified atom stereocenters. The highest BCUT2D eigenvalue weighted by Gasteiger charge is 2.16. The van der Waals surface area contributed by atoms with Gasteiger partial charge in [-0.2, -0.15) is 0 Å². The Hall–Kier alpha value is -0.480. The number of carbonyl (C=O) groups excluding carboxylic acids is 2. The van der Waals surface area contributed by atoms with Gasteiger partial charge in [0.2, 0.25) is 0 Å². The summed E-state index contributed by atoms with van der Waals surface area (Å²) in [4.78, 5) is 21.9. The van der Waals surface area contributed by atoms with Gasteiger partial charge in [0, 0.05) is 0 Å². The molecular weight excluding hydrogens is 512 g/mol. The first-order valence-corrected chi connectivity index (χ1v) is 13.0. The number of halogens is 1. The van der Waals surface area contributed by atoms with E-state index in [1.165, 1.54) is 11.8 Å². The Balaban J connectivity index is 0.000000446. The summed E-state index contributed by atoms with van der Waals surface area (Å²) in [5, 5.41) is 4.27. The average Bonchev–Trinajstić information content (AvgIpc) is 3.24. The summed E-state index contributed by atoms with van der Waals surface area (Å²) >= 11 is 11.8. The number of thiol groups is 1. The van der Waals surface area contributed by atoms with Gasteiger partial charge in [-0.1, -0.05) is 28.1 Å². The van der Waals surface area contributed by atoms with Crippen LogP contribution in [0.2, 0.25) is 0 Å². The molecule has 0 amide bonds. The van der Waals surface area contributed by atoms with Gasteiger partial charge < -0.3 is 9.47 Å². The first kappa shape index (κ1) is 28.5. The van der Waals surface area contributed by atoms with Gasteiger partial charge in [-0.25, -0.2) is 0 Å². The Labute approximate surface area is 200 Å². The fourth-order valence-electron chi connectivity index (χ4n) is 1.49. The Morgan fingerprint density at radius 3 is 1.79 bits per heavy atom. The summed E-state index contributed by atoms with van der Waals surface area (Å²) in [6.07, 6.45) is 0. The van der Waals surface area contributed by atoms with E-state index in [4.69, 9.17) is 9.47 Å². The molecule has 0 radical (unpaired) electrons. The fourth-order valence-corrected chi connectivity index (χ4v) is 3.88. The lowest BCUT2D eigenvalue weighted by Gasteiger charge is -2.19. The first-order valence-electron chi connectivity index (χ1n) is 8.71. The van der Waals surface area contributed by atoms with Crippen molar-refractivity contribution in [1.82, 2.24) is 0 Å². The fraction of sp³-hybridized carbons (Fsp3) is 0.500. The third-order valence-electron chi connectivity index (χ3n) is 2.28. The normalized spacial score (nSPS) is 10.8. The van der Waals surface area contributed by atoms with Crippen LogP contribution in [0.5, 0.6) is 0 Å². The molecule has 2 heterocycles. The Morgan fingerprint density at radius 2 is 1.48 bits per heavy atom. The van der Waals surface area contributed by atoms with Crippen LogP contribution < -0.4 is 0 Å². The third-order valence-corrected chi connectivity index (χ3v) is 5.98. The maximum atomic E-state index is 11.3. The molecule has 2 rings (SSSR count). The highest BCUT2D eigenvalue weighted by Crippen LogP contribution is 2.23. The van der Waals surface area contributed by atoms with Crippen molar-refractivity contribution in [2.45, 2.75) is 61.2 Å².